The number of aliphatic imine (C=N–C) groups is 1. The summed E-state index contributed by atoms with van der Waals surface area (Å²) in [5.41, 5.74) is 0. The molecule has 2 aliphatic rings. The van der Waals surface area contributed by atoms with Crippen LogP contribution in [0.5, 0.6) is 0 Å². The van der Waals surface area contributed by atoms with E-state index in [9.17, 15) is 9.59 Å². The van der Waals surface area contributed by atoms with Gasteiger partial charge >= 0.3 is 0 Å². The van der Waals surface area contributed by atoms with Crippen LogP contribution in [0.3, 0.4) is 0 Å². The molecule has 0 radical (unpaired) electrons. The predicted molar refractivity (Wildman–Crippen MR) is 72.5 cm³/mol. The van der Waals surface area contributed by atoms with Gasteiger partial charge in [0, 0.05) is 18.5 Å². The maximum atomic E-state index is 11.7. The van der Waals surface area contributed by atoms with Crippen LogP contribution in [0, 0.1) is 0 Å². The number of hydrogen-bond donors (Lipinski definition) is 2. The van der Waals surface area contributed by atoms with E-state index in [1.165, 1.54) is 11.8 Å². The molecule has 6 heteroatoms. The molecular formula is C12H19N3O2S. The van der Waals surface area contributed by atoms with Gasteiger partial charge in [0.15, 0.2) is 5.17 Å². The van der Waals surface area contributed by atoms with Crippen LogP contribution in [0.4, 0.5) is 0 Å². The minimum Gasteiger partial charge on any atom is -0.353 e. The third-order valence-corrected chi connectivity index (χ3v) is 4.11. The molecule has 0 bridgehead atoms. The van der Waals surface area contributed by atoms with Gasteiger partial charge in [0.25, 0.3) is 0 Å². The van der Waals surface area contributed by atoms with Crippen molar-refractivity contribution >= 4 is 28.7 Å². The molecule has 2 fully saturated rings. The van der Waals surface area contributed by atoms with Crippen LogP contribution in [-0.2, 0) is 9.59 Å². The number of amides is 2. The lowest BCUT2D eigenvalue weighted by Crippen LogP contribution is -2.32. The Morgan fingerprint density at radius 1 is 1.61 bits per heavy atom. The minimum absolute atomic E-state index is 0.0325. The molecule has 2 rings (SSSR count). The molecule has 0 unspecified atom stereocenters. The van der Waals surface area contributed by atoms with Crippen molar-refractivity contribution in [2.24, 2.45) is 4.99 Å². The zero-order valence-corrected chi connectivity index (χ0v) is 11.5. The Kier molecular flexibility index (Phi) is 4.27. The fraction of sp³-hybridized carbons (Fsp3) is 0.750. The molecule has 1 aliphatic heterocycles. The van der Waals surface area contributed by atoms with E-state index in [4.69, 9.17) is 0 Å². The van der Waals surface area contributed by atoms with Gasteiger partial charge in [-0.2, -0.15) is 0 Å². The normalized spacial score (nSPS) is 27.1. The van der Waals surface area contributed by atoms with Crippen LogP contribution in [0.25, 0.3) is 0 Å². The second kappa shape index (κ2) is 5.73. The molecule has 1 heterocycles. The van der Waals surface area contributed by atoms with Gasteiger partial charge in [0.2, 0.25) is 11.8 Å². The Labute approximate surface area is 111 Å². The quantitative estimate of drug-likeness (QED) is 0.783. The minimum atomic E-state index is -0.327. The smallest absolute Gasteiger partial charge is 0.240 e. The molecule has 1 saturated carbocycles. The summed E-state index contributed by atoms with van der Waals surface area (Å²) in [5, 5.41) is 5.96. The second-order valence-electron chi connectivity index (χ2n) is 4.83. The Hall–Kier alpha value is -1.04. The van der Waals surface area contributed by atoms with Crippen molar-refractivity contribution < 1.29 is 9.59 Å². The molecule has 0 aromatic rings. The molecule has 1 aliphatic carbocycles. The second-order valence-corrected chi connectivity index (χ2v) is 6.02. The molecular weight excluding hydrogens is 250 g/mol. The third-order valence-electron chi connectivity index (χ3n) is 3.02. The van der Waals surface area contributed by atoms with E-state index < -0.39 is 0 Å². The van der Waals surface area contributed by atoms with Gasteiger partial charge in [-0.15, -0.1) is 0 Å². The highest BCUT2D eigenvalue weighted by Gasteiger charge is 2.33. The maximum absolute atomic E-state index is 11.7. The Morgan fingerprint density at radius 2 is 2.33 bits per heavy atom. The van der Waals surface area contributed by atoms with Crippen LogP contribution >= 0.6 is 11.8 Å². The molecule has 5 nitrogen and oxygen atoms in total. The number of nitrogens with zero attached hydrogens (tertiary/aromatic N) is 1. The molecule has 2 amide bonds. The van der Waals surface area contributed by atoms with E-state index in [1.54, 1.807) is 0 Å². The molecule has 100 valence electrons. The maximum Gasteiger partial charge on any atom is 0.240 e. The molecule has 0 aromatic heterocycles. The average Bonchev–Trinajstić information content (AvgIpc) is 3.05. The number of carbonyl (C=O) groups excluding carboxylic acids is 2. The average molecular weight is 269 g/mol. The zero-order valence-electron chi connectivity index (χ0n) is 10.7. The highest BCUT2D eigenvalue weighted by molar-refractivity contribution is 8.15. The fourth-order valence-electron chi connectivity index (χ4n) is 1.57. The summed E-state index contributed by atoms with van der Waals surface area (Å²) >= 11 is 1.37. The van der Waals surface area contributed by atoms with Crippen molar-refractivity contribution in [1.29, 1.82) is 0 Å². The van der Waals surface area contributed by atoms with Crippen molar-refractivity contribution in [2.75, 3.05) is 0 Å². The first-order valence-electron chi connectivity index (χ1n) is 6.43. The lowest BCUT2D eigenvalue weighted by molar-refractivity contribution is -0.125. The van der Waals surface area contributed by atoms with E-state index >= 15 is 0 Å². The molecule has 0 aromatic carbocycles. The van der Waals surface area contributed by atoms with Crippen LogP contribution in [-0.4, -0.2) is 34.3 Å². The number of thioether (sulfide) groups is 1. The van der Waals surface area contributed by atoms with E-state index in [0.29, 0.717) is 11.2 Å². The summed E-state index contributed by atoms with van der Waals surface area (Å²) in [6.07, 6.45) is 3.31. The van der Waals surface area contributed by atoms with E-state index in [-0.39, 0.29) is 29.5 Å². The summed E-state index contributed by atoms with van der Waals surface area (Å²) in [7, 11) is 0. The Morgan fingerprint density at radius 3 is 2.94 bits per heavy atom. The first-order valence-corrected chi connectivity index (χ1v) is 7.31. The van der Waals surface area contributed by atoms with Crippen molar-refractivity contribution in [3.05, 3.63) is 0 Å². The standard InChI is InChI=1S/C12H19N3O2S/c1-3-7(2)13-12-15-11(17)9(18-12)6-10(16)14-8-4-5-8/h7-9H,3-6H2,1-2H3,(H,14,16)(H,13,15,17)/t7-,9+/m0/s1. The summed E-state index contributed by atoms with van der Waals surface area (Å²) in [6, 6.07) is 0.548. The van der Waals surface area contributed by atoms with Gasteiger partial charge in [-0.1, -0.05) is 18.7 Å². The summed E-state index contributed by atoms with van der Waals surface area (Å²) < 4.78 is 0. The van der Waals surface area contributed by atoms with E-state index in [0.717, 1.165) is 19.3 Å². The largest absolute Gasteiger partial charge is 0.353 e. The van der Waals surface area contributed by atoms with Gasteiger partial charge < -0.3 is 10.6 Å². The number of rotatable bonds is 5. The third kappa shape index (κ3) is 3.73. The van der Waals surface area contributed by atoms with Crippen LogP contribution in [0.15, 0.2) is 4.99 Å². The predicted octanol–water partition coefficient (Wildman–Crippen LogP) is 1.04. The first-order chi connectivity index (χ1) is 8.58. The number of carbonyl (C=O) groups is 2. The number of amidine groups is 1. The van der Waals surface area contributed by atoms with Crippen LogP contribution in [0.1, 0.15) is 39.5 Å². The summed E-state index contributed by atoms with van der Waals surface area (Å²) in [5.74, 6) is -0.136. The summed E-state index contributed by atoms with van der Waals surface area (Å²) in [4.78, 5) is 27.7. The Balaban J connectivity index is 1.84. The highest BCUT2D eigenvalue weighted by Crippen LogP contribution is 2.24. The summed E-state index contributed by atoms with van der Waals surface area (Å²) in [6.45, 7) is 4.06. The molecule has 18 heavy (non-hydrogen) atoms. The number of hydrogen-bond acceptors (Lipinski definition) is 4. The highest BCUT2D eigenvalue weighted by atomic mass is 32.2. The number of nitrogens with one attached hydrogen (secondary N) is 2. The first kappa shape index (κ1) is 13.4. The topological polar surface area (TPSA) is 70.6 Å². The lowest BCUT2D eigenvalue weighted by atomic mass is 10.2. The van der Waals surface area contributed by atoms with Gasteiger partial charge in [0.05, 0.1) is 0 Å². The van der Waals surface area contributed by atoms with Crippen molar-refractivity contribution in [3.8, 4) is 0 Å². The van der Waals surface area contributed by atoms with Gasteiger partial charge in [-0.05, 0) is 26.2 Å². The lowest BCUT2D eigenvalue weighted by Gasteiger charge is -2.05. The van der Waals surface area contributed by atoms with Gasteiger partial charge in [-0.3, -0.25) is 14.6 Å². The van der Waals surface area contributed by atoms with Crippen molar-refractivity contribution in [1.82, 2.24) is 10.6 Å². The van der Waals surface area contributed by atoms with Crippen LogP contribution < -0.4 is 10.6 Å². The van der Waals surface area contributed by atoms with Crippen LogP contribution in [0.2, 0.25) is 0 Å². The van der Waals surface area contributed by atoms with Crippen molar-refractivity contribution in [3.63, 3.8) is 0 Å². The van der Waals surface area contributed by atoms with Crippen molar-refractivity contribution in [2.45, 2.75) is 56.9 Å². The van der Waals surface area contributed by atoms with Gasteiger partial charge in [0.1, 0.15) is 5.25 Å². The molecule has 0 spiro atoms. The monoisotopic (exact) mass is 269 g/mol. The SMILES string of the molecule is CC[C@H](C)N=C1NC(=O)[C@@H](CC(=O)NC2CC2)S1. The van der Waals surface area contributed by atoms with E-state index in [2.05, 4.69) is 22.5 Å². The molecule has 2 N–H and O–H groups in total. The molecule has 1 saturated heterocycles. The van der Waals surface area contributed by atoms with Gasteiger partial charge in [-0.25, -0.2) is 0 Å². The zero-order chi connectivity index (χ0) is 13.1. The Bertz CT molecular complexity index is 380. The molecule has 2 atom stereocenters. The van der Waals surface area contributed by atoms with E-state index in [1.807, 2.05) is 6.92 Å². The fourth-order valence-corrected chi connectivity index (χ4v) is 2.65.